The lowest BCUT2D eigenvalue weighted by atomic mass is 9.91. The molecular weight excluding hydrogens is 485 g/mol. The van der Waals surface area contributed by atoms with Gasteiger partial charge in [0, 0.05) is 10.6 Å². The molecule has 0 bridgehead atoms. The third-order valence-electron chi connectivity index (χ3n) is 6.26. The van der Waals surface area contributed by atoms with Gasteiger partial charge < -0.3 is 34.6 Å². The number of aliphatic hydroxyl groups excluding tert-OH is 4. The smallest absolute Gasteiger partial charge is 0.229 e. The molecule has 2 aliphatic heterocycles. The molecule has 0 spiro atoms. The van der Waals surface area contributed by atoms with Gasteiger partial charge >= 0.3 is 0 Å². The highest BCUT2D eigenvalue weighted by molar-refractivity contribution is 6.31. The second-order valence-corrected chi connectivity index (χ2v) is 8.87. The van der Waals surface area contributed by atoms with Gasteiger partial charge in [0.2, 0.25) is 6.29 Å². The number of nitrogens with zero attached hydrogens (tertiary/aromatic N) is 3. The molecule has 0 amide bonds. The van der Waals surface area contributed by atoms with E-state index >= 15 is 0 Å². The van der Waals surface area contributed by atoms with Crippen molar-refractivity contribution >= 4 is 11.6 Å². The topological polar surface area (TPSA) is 143 Å². The molecule has 2 unspecified atom stereocenters. The van der Waals surface area contributed by atoms with Crippen LogP contribution >= 0.6 is 11.6 Å². The largest absolute Gasteiger partial charge is 0.459 e. The quantitative estimate of drug-likeness (QED) is 0.343. The zero-order chi connectivity index (χ0) is 24.7. The van der Waals surface area contributed by atoms with E-state index in [-0.39, 0.29) is 12.3 Å². The van der Waals surface area contributed by atoms with Gasteiger partial charge in [0.05, 0.1) is 13.2 Å². The van der Waals surface area contributed by atoms with E-state index in [1.54, 1.807) is 22.9 Å². The van der Waals surface area contributed by atoms with E-state index in [0.29, 0.717) is 10.6 Å². The summed E-state index contributed by atoms with van der Waals surface area (Å²) >= 11 is 6.40. The first kappa shape index (κ1) is 24.1. The Labute approximate surface area is 204 Å². The van der Waals surface area contributed by atoms with Crippen molar-refractivity contribution < 1.29 is 39.0 Å². The lowest BCUT2D eigenvalue weighted by Gasteiger charge is -2.39. The van der Waals surface area contributed by atoms with E-state index in [0.717, 1.165) is 5.56 Å². The number of aliphatic hydroxyl groups is 4. The van der Waals surface area contributed by atoms with Crippen molar-refractivity contribution in [3.05, 3.63) is 77.1 Å². The molecule has 7 atom stereocenters. The number of benzene rings is 2. The van der Waals surface area contributed by atoms with Crippen molar-refractivity contribution in [1.82, 2.24) is 14.8 Å². The Morgan fingerprint density at radius 3 is 2.63 bits per heavy atom. The second kappa shape index (κ2) is 9.43. The van der Waals surface area contributed by atoms with Crippen LogP contribution in [0.3, 0.4) is 0 Å². The Morgan fingerprint density at radius 1 is 1.11 bits per heavy atom. The van der Waals surface area contributed by atoms with E-state index in [1.807, 2.05) is 12.1 Å². The van der Waals surface area contributed by atoms with Crippen LogP contribution in [-0.2, 0) is 21.6 Å². The second-order valence-electron chi connectivity index (χ2n) is 8.46. The Morgan fingerprint density at radius 2 is 1.91 bits per heavy atom. The molecule has 3 heterocycles. The van der Waals surface area contributed by atoms with Crippen LogP contribution in [0.4, 0.5) is 4.39 Å². The van der Waals surface area contributed by atoms with Crippen LogP contribution < -0.4 is 4.74 Å². The maximum atomic E-state index is 14.8. The number of hydrogen-bond donors (Lipinski definition) is 4. The minimum atomic E-state index is -1.69. The number of aromatic nitrogens is 3. The van der Waals surface area contributed by atoms with E-state index in [9.17, 15) is 24.8 Å². The molecule has 0 saturated carbocycles. The molecule has 2 aliphatic rings. The predicted octanol–water partition coefficient (Wildman–Crippen LogP) is 0.916. The molecular formula is C23H23ClFN3O7. The van der Waals surface area contributed by atoms with Crippen LogP contribution in [0, 0.1) is 5.82 Å². The molecule has 0 radical (unpaired) electrons. The molecule has 2 saturated heterocycles. The minimum Gasteiger partial charge on any atom is -0.459 e. The molecule has 12 heteroatoms. The van der Waals surface area contributed by atoms with Crippen molar-refractivity contribution in [2.45, 2.75) is 49.0 Å². The first-order chi connectivity index (χ1) is 16.8. The number of halogens is 2. The lowest BCUT2D eigenvalue weighted by Crippen LogP contribution is -2.60. The fourth-order valence-corrected chi connectivity index (χ4v) is 4.55. The zero-order valence-corrected chi connectivity index (χ0v) is 18.9. The van der Waals surface area contributed by atoms with Crippen molar-refractivity contribution in [1.29, 1.82) is 0 Å². The van der Waals surface area contributed by atoms with Gasteiger partial charge in [-0.1, -0.05) is 35.9 Å². The van der Waals surface area contributed by atoms with E-state index < -0.39 is 54.8 Å². The first-order valence-electron chi connectivity index (χ1n) is 10.9. The molecule has 3 aromatic rings. The average Bonchev–Trinajstić information content (AvgIpc) is 3.33. The summed E-state index contributed by atoms with van der Waals surface area (Å²) in [4.78, 5) is 3.97. The molecule has 0 aliphatic carbocycles. The van der Waals surface area contributed by atoms with Gasteiger partial charge in [-0.2, -0.15) is 5.10 Å². The van der Waals surface area contributed by atoms with Gasteiger partial charge in [0.15, 0.2) is 11.6 Å². The van der Waals surface area contributed by atoms with Crippen LogP contribution in [0.25, 0.3) is 0 Å². The van der Waals surface area contributed by atoms with Crippen LogP contribution in [0.1, 0.15) is 17.2 Å². The summed E-state index contributed by atoms with van der Waals surface area (Å²) in [6, 6.07) is 11.4. The van der Waals surface area contributed by atoms with E-state index in [2.05, 4.69) is 10.1 Å². The molecule has 186 valence electrons. The normalized spacial score (nSPS) is 32.4. The number of hydrogen-bond acceptors (Lipinski definition) is 9. The predicted molar refractivity (Wildman–Crippen MR) is 118 cm³/mol. The zero-order valence-electron chi connectivity index (χ0n) is 18.2. The van der Waals surface area contributed by atoms with Crippen LogP contribution in [0.5, 0.6) is 5.75 Å². The summed E-state index contributed by atoms with van der Waals surface area (Å²) in [6.45, 7) is -0.393. The molecule has 1 aromatic heterocycles. The van der Waals surface area contributed by atoms with E-state index in [4.69, 9.17) is 25.8 Å². The average molecular weight is 508 g/mol. The summed E-state index contributed by atoms with van der Waals surface area (Å²) in [6.07, 6.45) is -5.19. The van der Waals surface area contributed by atoms with Gasteiger partial charge in [-0.3, -0.25) is 0 Å². The fourth-order valence-electron chi connectivity index (χ4n) is 4.31. The third kappa shape index (κ3) is 4.40. The van der Waals surface area contributed by atoms with Gasteiger partial charge in [-0.05, 0) is 23.8 Å². The Bertz CT molecular complexity index is 1180. The molecule has 2 fully saturated rings. The highest BCUT2D eigenvalue weighted by Crippen LogP contribution is 2.59. The summed E-state index contributed by atoms with van der Waals surface area (Å²) in [5.74, 6) is -1.03. The molecule has 5 rings (SSSR count). The van der Waals surface area contributed by atoms with Gasteiger partial charge in [0.25, 0.3) is 0 Å². The Balaban J connectivity index is 1.47. The maximum Gasteiger partial charge on any atom is 0.229 e. The van der Waals surface area contributed by atoms with Gasteiger partial charge in [0.1, 0.15) is 48.8 Å². The molecule has 2 aromatic carbocycles. The maximum absolute atomic E-state index is 14.8. The summed E-state index contributed by atoms with van der Waals surface area (Å²) in [7, 11) is 0. The number of rotatable bonds is 7. The van der Waals surface area contributed by atoms with Crippen LogP contribution in [0.15, 0.2) is 55.1 Å². The highest BCUT2D eigenvalue weighted by Gasteiger charge is 2.60. The number of epoxide rings is 1. The van der Waals surface area contributed by atoms with Crippen molar-refractivity contribution in [2.24, 2.45) is 0 Å². The van der Waals surface area contributed by atoms with Crippen LogP contribution in [0.2, 0.25) is 5.02 Å². The van der Waals surface area contributed by atoms with Crippen LogP contribution in [-0.4, -0.2) is 72.5 Å². The standard InChI is InChI=1S/C23H23ClFN3O7/c24-14-4-2-1-3-13(14)21-23(35-21,9-28-11-26-10-27-28)12-5-6-15(25)16(7-12)33-22-20(32)19(31)18(30)17(8-29)34-22/h1-7,10-11,17-22,29-32H,8-9H2/t17-,18-,19+,20-,21?,22+,23?/m1/s1. The molecule has 10 nitrogen and oxygen atoms in total. The Kier molecular flexibility index (Phi) is 6.49. The SMILES string of the molecule is OC[C@H]1O[C@H](Oc2cc(C3(Cn4cncn4)OC3c3ccccc3Cl)ccc2F)[C@H](O)[C@@H](O)[C@@H]1O. The Hall–Kier alpha value is -2.64. The monoisotopic (exact) mass is 507 g/mol. The van der Waals surface area contributed by atoms with Crippen molar-refractivity contribution in [2.75, 3.05) is 6.61 Å². The number of ether oxygens (including phenoxy) is 3. The summed E-state index contributed by atoms with van der Waals surface area (Å²) in [5, 5.41) is 44.3. The first-order valence-corrected chi connectivity index (χ1v) is 11.2. The molecule has 35 heavy (non-hydrogen) atoms. The lowest BCUT2D eigenvalue weighted by molar-refractivity contribution is -0.277. The molecule has 4 N–H and O–H groups in total. The van der Waals surface area contributed by atoms with Crippen molar-refractivity contribution in [3.8, 4) is 5.75 Å². The fraction of sp³-hybridized carbons (Fsp3) is 0.391. The van der Waals surface area contributed by atoms with Gasteiger partial charge in [-0.15, -0.1) is 0 Å². The summed E-state index contributed by atoms with van der Waals surface area (Å²) in [5.41, 5.74) is 0.314. The summed E-state index contributed by atoms with van der Waals surface area (Å²) < 4.78 is 33.4. The van der Waals surface area contributed by atoms with Crippen molar-refractivity contribution in [3.63, 3.8) is 0 Å². The van der Waals surface area contributed by atoms with Gasteiger partial charge in [-0.25, -0.2) is 14.1 Å². The highest BCUT2D eigenvalue weighted by atomic mass is 35.5. The van der Waals surface area contributed by atoms with E-state index in [1.165, 1.54) is 24.8 Å². The minimum absolute atomic E-state index is 0.244. The third-order valence-corrected chi connectivity index (χ3v) is 6.60.